The fourth-order valence-corrected chi connectivity index (χ4v) is 3.39. The molecule has 0 spiro atoms. The van der Waals surface area contributed by atoms with Gasteiger partial charge in [0.15, 0.2) is 0 Å². The standard InChI is InChI=1S/C17H28N2O4S/c1-6-16(21)19-13-7-8-14(12(2)11-13)24(22,23)18-10-9-15(20)17(3,4)5/h7-8,11,15,18,20H,6,9-10H2,1-5H3,(H,19,21). The van der Waals surface area contributed by atoms with Crippen LogP contribution in [0.5, 0.6) is 0 Å². The van der Waals surface area contributed by atoms with Gasteiger partial charge in [-0.2, -0.15) is 0 Å². The molecule has 0 heterocycles. The molecule has 24 heavy (non-hydrogen) atoms. The lowest BCUT2D eigenvalue weighted by Crippen LogP contribution is -2.32. The molecule has 0 bridgehead atoms. The number of aliphatic hydroxyl groups is 1. The molecule has 1 aromatic rings. The van der Waals surface area contributed by atoms with E-state index in [1.807, 2.05) is 20.8 Å². The Labute approximate surface area is 144 Å². The Bertz CT molecular complexity index is 678. The lowest BCUT2D eigenvalue weighted by atomic mass is 9.87. The van der Waals surface area contributed by atoms with Gasteiger partial charge in [0.2, 0.25) is 15.9 Å². The Morgan fingerprint density at radius 2 is 1.92 bits per heavy atom. The van der Waals surface area contributed by atoms with E-state index in [1.54, 1.807) is 26.0 Å². The number of sulfonamides is 1. The summed E-state index contributed by atoms with van der Waals surface area (Å²) in [5.41, 5.74) is 0.828. The molecule has 1 amide bonds. The van der Waals surface area contributed by atoms with Crippen molar-refractivity contribution in [2.45, 2.75) is 58.5 Å². The molecule has 1 unspecified atom stereocenters. The molecule has 1 atom stereocenters. The Morgan fingerprint density at radius 1 is 1.29 bits per heavy atom. The maximum atomic E-state index is 12.4. The third kappa shape index (κ3) is 5.89. The highest BCUT2D eigenvalue weighted by molar-refractivity contribution is 7.89. The molecule has 6 nitrogen and oxygen atoms in total. The predicted molar refractivity (Wildman–Crippen MR) is 95.4 cm³/mol. The van der Waals surface area contributed by atoms with Gasteiger partial charge in [-0.15, -0.1) is 0 Å². The normalized spacial score (nSPS) is 13.6. The van der Waals surface area contributed by atoms with Crippen molar-refractivity contribution in [2.75, 3.05) is 11.9 Å². The minimum atomic E-state index is -3.66. The number of benzene rings is 1. The largest absolute Gasteiger partial charge is 0.393 e. The van der Waals surface area contributed by atoms with E-state index in [0.717, 1.165) is 0 Å². The molecule has 1 rings (SSSR count). The maximum absolute atomic E-state index is 12.4. The summed E-state index contributed by atoms with van der Waals surface area (Å²) in [6.07, 6.45) is 0.108. The number of rotatable bonds is 7. The van der Waals surface area contributed by atoms with Crippen LogP contribution in [0.25, 0.3) is 0 Å². The Kier molecular flexibility index (Phi) is 6.95. The van der Waals surface area contributed by atoms with Gasteiger partial charge >= 0.3 is 0 Å². The van der Waals surface area contributed by atoms with Crippen LogP contribution in [0.15, 0.2) is 23.1 Å². The van der Waals surface area contributed by atoms with Gasteiger partial charge in [-0.05, 0) is 42.5 Å². The zero-order chi connectivity index (χ0) is 18.5. The summed E-state index contributed by atoms with van der Waals surface area (Å²) < 4.78 is 27.3. The van der Waals surface area contributed by atoms with Gasteiger partial charge in [0, 0.05) is 18.7 Å². The molecule has 0 aliphatic carbocycles. The van der Waals surface area contributed by atoms with Crippen LogP contribution < -0.4 is 10.0 Å². The van der Waals surface area contributed by atoms with E-state index in [1.165, 1.54) is 6.07 Å². The number of amides is 1. The summed E-state index contributed by atoms with van der Waals surface area (Å²) in [5, 5.41) is 12.7. The summed E-state index contributed by atoms with van der Waals surface area (Å²) in [4.78, 5) is 11.6. The van der Waals surface area contributed by atoms with Crippen LogP contribution in [0, 0.1) is 12.3 Å². The summed E-state index contributed by atoms with van der Waals surface area (Å²) in [6.45, 7) is 9.30. The molecule has 1 aromatic carbocycles. The zero-order valence-electron chi connectivity index (χ0n) is 15.0. The van der Waals surface area contributed by atoms with Gasteiger partial charge in [-0.25, -0.2) is 13.1 Å². The zero-order valence-corrected chi connectivity index (χ0v) is 15.8. The van der Waals surface area contributed by atoms with Crippen molar-refractivity contribution >= 4 is 21.6 Å². The number of anilines is 1. The van der Waals surface area contributed by atoms with E-state index < -0.39 is 16.1 Å². The second-order valence-corrected chi connectivity index (χ2v) is 8.69. The first-order valence-electron chi connectivity index (χ1n) is 8.05. The van der Waals surface area contributed by atoms with Crippen molar-refractivity contribution in [3.63, 3.8) is 0 Å². The quantitative estimate of drug-likeness (QED) is 0.699. The molecule has 0 saturated heterocycles. The second kappa shape index (κ2) is 8.09. The fraction of sp³-hybridized carbons (Fsp3) is 0.588. The van der Waals surface area contributed by atoms with E-state index in [0.29, 0.717) is 24.1 Å². The van der Waals surface area contributed by atoms with E-state index >= 15 is 0 Å². The van der Waals surface area contributed by atoms with Crippen LogP contribution in [-0.4, -0.2) is 32.1 Å². The van der Waals surface area contributed by atoms with Gasteiger partial charge in [-0.1, -0.05) is 27.7 Å². The van der Waals surface area contributed by atoms with Crippen molar-refractivity contribution in [3.05, 3.63) is 23.8 Å². The minimum Gasteiger partial charge on any atom is -0.393 e. The average Bonchev–Trinajstić information content (AvgIpc) is 2.45. The van der Waals surface area contributed by atoms with Gasteiger partial charge < -0.3 is 10.4 Å². The third-order valence-electron chi connectivity index (χ3n) is 3.78. The van der Waals surface area contributed by atoms with E-state index in [4.69, 9.17) is 0 Å². The molecular weight excluding hydrogens is 328 g/mol. The molecule has 0 saturated carbocycles. The number of carbonyl (C=O) groups is 1. The van der Waals surface area contributed by atoms with Gasteiger partial charge in [-0.3, -0.25) is 4.79 Å². The fourth-order valence-electron chi connectivity index (χ4n) is 2.12. The first kappa shape index (κ1) is 20.6. The number of nitrogens with one attached hydrogen (secondary N) is 2. The van der Waals surface area contributed by atoms with Crippen molar-refractivity contribution < 1.29 is 18.3 Å². The van der Waals surface area contributed by atoms with Gasteiger partial charge in [0.05, 0.1) is 11.0 Å². The smallest absolute Gasteiger partial charge is 0.240 e. The number of aryl methyl sites for hydroxylation is 1. The van der Waals surface area contributed by atoms with Crippen LogP contribution in [0.1, 0.15) is 46.1 Å². The number of carbonyl (C=O) groups excluding carboxylic acids is 1. The molecule has 7 heteroatoms. The summed E-state index contributed by atoms with van der Waals surface area (Å²) >= 11 is 0. The minimum absolute atomic E-state index is 0.126. The Morgan fingerprint density at radius 3 is 2.42 bits per heavy atom. The van der Waals surface area contributed by atoms with Crippen LogP contribution in [-0.2, 0) is 14.8 Å². The molecule has 0 aromatic heterocycles. The molecule has 0 radical (unpaired) electrons. The lowest BCUT2D eigenvalue weighted by Gasteiger charge is -2.25. The van der Waals surface area contributed by atoms with E-state index in [9.17, 15) is 18.3 Å². The van der Waals surface area contributed by atoms with Crippen LogP contribution in [0.4, 0.5) is 5.69 Å². The van der Waals surface area contributed by atoms with Crippen molar-refractivity contribution in [1.29, 1.82) is 0 Å². The average molecular weight is 356 g/mol. The van der Waals surface area contributed by atoms with E-state index in [2.05, 4.69) is 10.0 Å². The number of aliphatic hydroxyl groups excluding tert-OH is 1. The topological polar surface area (TPSA) is 95.5 Å². The van der Waals surface area contributed by atoms with Crippen LogP contribution in [0.3, 0.4) is 0 Å². The number of hydrogen-bond donors (Lipinski definition) is 3. The van der Waals surface area contributed by atoms with Gasteiger partial charge in [0.1, 0.15) is 0 Å². The van der Waals surface area contributed by atoms with Crippen LogP contribution >= 0.6 is 0 Å². The second-order valence-electron chi connectivity index (χ2n) is 6.95. The summed E-state index contributed by atoms with van der Waals surface area (Å²) in [7, 11) is -3.66. The van der Waals surface area contributed by atoms with E-state index in [-0.39, 0.29) is 22.8 Å². The molecular formula is C17H28N2O4S. The predicted octanol–water partition coefficient (Wildman–Crippen LogP) is 2.42. The highest BCUT2D eigenvalue weighted by Gasteiger charge is 2.23. The maximum Gasteiger partial charge on any atom is 0.240 e. The highest BCUT2D eigenvalue weighted by atomic mass is 32.2. The van der Waals surface area contributed by atoms with Crippen molar-refractivity contribution in [1.82, 2.24) is 4.72 Å². The first-order valence-corrected chi connectivity index (χ1v) is 9.54. The third-order valence-corrected chi connectivity index (χ3v) is 5.40. The number of hydrogen-bond acceptors (Lipinski definition) is 4. The SMILES string of the molecule is CCC(=O)Nc1ccc(S(=O)(=O)NCCC(O)C(C)(C)C)c(C)c1. The summed E-state index contributed by atoms with van der Waals surface area (Å²) in [6, 6.07) is 4.67. The molecule has 0 fully saturated rings. The molecule has 0 aliphatic rings. The summed E-state index contributed by atoms with van der Waals surface area (Å²) in [5.74, 6) is -0.126. The van der Waals surface area contributed by atoms with Crippen molar-refractivity contribution in [3.8, 4) is 0 Å². The first-order chi connectivity index (χ1) is 11.0. The lowest BCUT2D eigenvalue weighted by molar-refractivity contribution is -0.115. The molecule has 0 aliphatic heterocycles. The van der Waals surface area contributed by atoms with Gasteiger partial charge in [0.25, 0.3) is 0 Å². The Hall–Kier alpha value is -1.44. The highest BCUT2D eigenvalue weighted by Crippen LogP contribution is 2.22. The molecule has 3 N–H and O–H groups in total. The van der Waals surface area contributed by atoms with Crippen LogP contribution in [0.2, 0.25) is 0 Å². The Balaban J connectivity index is 2.79. The monoisotopic (exact) mass is 356 g/mol. The molecule has 136 valence electrons. The van der Waals surface area contributed by atoms with Crippen molar-refractivity contribution in [2.24, 2.45) is 5.41 Å².